The van der Waals surface area contributed by atoms with E-state index in [1.54, 1.807) is 23.5 Å². The van der Waals surface area contributed by atoms with Crippen LogP contribution in [0.2, 0.25) is 0 Å². The number of carbonyl (C=O) groups excluding carboxylic acids is 1. The highest BCUT2D eigenvalue weighted by Crippen LogP contribution is 2.16. The second kappa shape index (κ2) is 7.90. The molecule has 0 saturated carbocycles. The van der Waals surface area contributed by atoms with Gasteiger partial charge >= 0.3 is 0 Å². The number of aliphatic hydroxyl groups excluding tert-OH is 1. The van der Waals surface area contributed by atoms with Crippen LogP contribution in [0.15, 0.2) is 41.8 Å². The smallest absolute Gasteiger partial charge is 0.220 e. The standard InChI is InChI=1S/C16H18FNO2S/c17-13-5-3-12(4-6-13)15(19)9-10-18-16(20)8-7-14-2-1-11-21-14/h1-6,11,15,19H,7-10H2,(H,18,20). The maximum atomic E-state index is 12.8. The van der Waals surface area contributed by atoms with E-state index < -0.39 is 6.10 Å². The monoisotopic (exact) mass is 307 g/mol. The fourth-order valence-corrected chi connectivity index (χ4v) is 2.69. The van der Waals surface area contributed by atoms with Crippen LogP contribution in [0, 0.1) is 5.82 Å². The van der Waals surface area contributed by atoms with Gasteiger partial charge in [0.05, 0.1) is 6.10 Å². The zero-order chi connectivity index (χ0) is 15.1. The molecule has 1 amide bonds. The van der Waals surface area contributed by atoms with Gasteiger partial charge in [-0.05, 0) is 42.0 Å². The molecule has 1 unspecified atom stereocenters. The van der Waals surface area contributed by atoms with Gasteiger partial charge in [0.15, 0.2) is 0 Å². The van der Waals surface area contributed by atoms with Gasteiger partial charge in [-0.25, -0.2) is 4.39 Å². The third-order valence-corrected chi connectivity index (χ3v) is 4.11. The van der Waals surface area contributed by atoms with Gasteiger partial charge in [-0.1, -0.05) is 18.2 Å². The minimum atomic E-state index is -0.691. The number of benzene rings is 1. The summed E-state index contributed by atoms with van der Waals surface area (Å²) in [5.74, 6) is -0.345. The number of hydrogen-bond acceptors (Lipinski definition) is 3. The molecule has 1 atom stereocenters. The van der Waals surface area contributed by atoms with Gasteiger partial charge in [0.2, 0.25) is 5.91 Å². The van der Waals surface area contributed by atoms with Crippen LogP contribution in [0.25, 0.3) is 0 Å². The Morgan fingerprint density at radius 3 is 2.71 bits per heavy atom. The van der Waals surface area contributed by atoms with Crippen LogP contribution in [-0.4, -0.2) is 17.6 Å². The number of rotatable bonds is 7. The highest BCUT2D eigenvalue weighted by molar-refractivity contribution is 7.09. The molecule has 2 rings (SSSR count). The summed E-state index contributed by atoms with van der Waals surface area (Å²) in [5, 5.41) is 14.7. The predicted octanol–water partition coefficient (Wildman–Crippen LogP) is 3.06. The number of thiophene rings is 1. The SMILES string of the molecule is O=C(CCc1cccs1)NCCC(O)c1ccc(F)cc1. The number of hydrogen-bond donors (Lipinski definition) is 2. The molecule has 112 valence electrons. The summed E-state index contributed by atoms with van der Waals surface area (Å²) in [4.78, 5) is 12.9. The van der Waals surface area contributed by atoms with Crippen molar-refractivity contribution in [1.29, 1.82) is 0 Å². The Hall–Kier alpha value is -1.72. The first-order valence-corrected chi connectivity index (χ1v) is 7.76. The molecule has 1 aromatic carbocycles. The van der Waals surface area contributed by atoms with Crippen molar-refractivity contribution in [1.82, 2.24) is 5.32 Å². The Bertz CT molecular complexity index is 554. The first-order chi connectivity index (χ1) is 10.1. The molecule has 0 aliphatic carbocycles. The normalized spacial score (nSPS) is 12.1. The number of aryl methyl sites for hydroxylation is 1. The molecule has 0 radical (unpaired) electrons. The number of carbonyl (C=O) groups is 1. The molecule has 1 heterocycles. The van der Waals surface area contributed by atoms with E-state index in [4.69, 9.17) is 0 Å². The van der Waals surface area contributed by atoms with Crippen LogP contribution in [-0.2, 0) is 11.2 Å². The van der Waals surface area contributed by atoms with E-state index in [1.807, 2.05) is 17.5 Å². The molecule has 0 spiro atoms. The number of halogens is 1. The molecule has 2 N–H and O–H groups in total. The molecule has 0 bridgehead atoms. The summed E-state index contributed by atoms with van der Waals surface area (Å²) in [6.07, 6.45) is 0.913. The highest BCUT2D eigenvalue weighted by Gasteiger charge is 2.08. The molecule has 0 aliphatic rings. The quantitative estimate of drug-likeness (QED) is 0.826. The summed E-state index contributed by atoms with van der Waals surface area (Å²) in [6.45, 7) is 0.405. The fourth-order valence-electron chi connectivity index (χ4n) is 1.98. The fraction of sp³-hybridized carbons (Fsp3) is 0.312. The van der Waals surface area contributed by atoms with Gasteiger partial charge in [0.1, 0.15) is 5.82 Å². The zero-order valence-electron chi connectivity index (χ0n) is 11.6. The summed E-state index contributed by atoms with van der Waals surface area (Å²) >= 11 is 1.64. The number of aliphatic hydroxyl groups is 1. The molecular formula is C16H18FNO2S. The van der Waals surface area contributed by atoms with E-state index in [2.05, 4.69) is 5.32 Å². The van der Waals surface area contributed by atoms with Gasteiger partial charge in [-0.15, -0.1) is 11.3 Å². The highest BCUT2D eigenvalue weighted by atomic mass is 32.1. The van der Waals surface area contributed by atoms with Crippen LogP contribution >= 0.6 is 11.3 Å². The second-order valence-corrected chi connectivity index (χ2v) is 5.82. The molecule has 0 fully saturated rings. The van der Waals surface area contributed by atoms with Gasteiger partial charge in [0, 0.05) is 17.8 Å². The van der Waals surface area contributed by atoms with Crippen molar-refractivity contribution in [2.45, 2.75) is 25.4 Å². The van der Waals surface area contributed by atoms with E-state index in [-0.39, 0.29) is 11.7 Å². The third-order valence-electron chi connectivity index (χ3n) is 3.17. The van der Waals surface area contributed by atoms with E-state index in [0.717, 1.165) is 6.42 Å². The second-order valence-electron chi connectivity index (χ2n) is 4.79. The zero-order valence-corrected chi connectivity index (χ0v) is 12.4. The number of amides is 1. The Morgan fingerprint density at radius 2 is 2.05 bits per heavy atom. The average Bonchev–Trinajstić information content (AvgIpc) is 2.99. The Balaban J connectivity index is 1.66. The summed E-state index contributed by atoms with van der Waals surface area (Å²) in [6, 6.07) is 9.72. The van der Waals surface area contributed by atoms with Crippen molar-refractivity contribution < 1.29 is 14.3 Å². The topological polar surface area (TPSA) is 49.3 Å². The van der Waals surface area contributed by atoms with Crippen LogP contribution < -0.4 is 5.32 Å². The van der Waals surface area contributed by atoms with E-state index >= 15 is 0 Å². The molecule has 5 heteroatoms. The van der Waals surface area contributed by atoms with Crippen LogP contribution in [0.1, 0.15) is 29.4 Å². The van der Waals surface area contributed by atoms with E-state index in [1.165, 1.54) is 17.0 Å². The van der Waals surface area contributed by atoms with Crippen LogP contribution in [0.3, 0.4) is 0 Å². The summed E-state index contributed by atoms with van der Waals surface area (Å²) < 4.78 is 12.8. The molecule has 3 nitrogen and oxygen atoms in total. The molecule has 0 aliphatic heterocycles. The van der Waals surface area contributed by atoms with Gasteiger partial charge in [0.25, 0.3) is 0 Å². The van der Waals surface area contributed by atoms with Crippen molar-refractivity contribution in [3.8, 4) is 0 Å². The minimum absolute atomic E-state index is 0.0188. The Labute approximate surface area is 127 Å². The van der Waals surface area contributed by atoms with Crippen molar-refractivity contribution in [2.24, 2.45) is 0 Å². The van der Waals surface area contributed by atoms with Crippen molar-refractivity contribution >= 4 is 17.2 Å². The van der Waals surface area contributed by atoms with Crippen molar-refractivity contribution in [2.75, 3.05) is 6.54 Å². The van der Waals surface area contributed by atoms with Crippen molar-refractivity contribution in [3.63, 3.8) is 0 Å². The lowest BCUT2D eigenvalue weighted by Crippen LogP contribution is -2.25. The summed E-state index contributed by atoms with van der Waals surface area (Å²) in [7, 11) is 0. The molecular weight excluding hydrogens is 289 g/mol. The van der Waals surface area contributed by atoms with Crippen LogP contribution in [0.4, 0.5) is 4.39 Å². The summed E-state index contributed by atoms with van der Waals surface area (Å²) in [5.41, 5.74) is 0.657. The predicted molar refractivity (Wildman–Crippen MR) is 81.6 cm³/mol. The maximum Gasteiger partial charge on any atom is 0.220 e. The lowest BCUT2D eigenvalue weighted by atomic mass is 10.1. The average molecular weight is 307 g/mol. The van der Waals surface area contributed by atoms with Gasteiger partial charge < -0.3 is 10.4 Å². The maximum absolute atomic E-state index is 12.8. The van der Waals surface area contributed by atoms with Gasteiger partial charge in [-0.2, -0.15) is 0 Å². The lowest BCUT2D eigenvalue weighted by Gasteiger charge is -2.11. The van der Waals surface area contributed by atoms with Crippen molar-refractivity contribution in [3.05, 3.63) is 58.0 Å². The molecule has 2 aromatic rings. The van der Waals surface area contributed by atoms with Gasteiger partial charge in [-0.3, -0.25) is 4.79 Å². The minimum Gasteiger partial charge on any atom is -0.388 e. The Morgan fingerprint density at radius 1 is 1.29 bits per heavy atom. The number of nitrogens with one attached hydrogen (secondary N) is 1. The molecule has 0 saturated heterocycles. The Kier molecular flexibility index (Phi) is 5.90. The first kappa shape index (κ1) is 15.7. The van der Waals surface area contributed by atoms with Crippen LogP contribution in [0.5, 0.6) is 0 Å². The first-order valence-electron chi connectivity index (χ1n) is 6.88. The van der Waals surface area contributed by atoms with E-state index in [9.17, 15) is 14.3 Å². The molecule has 21 heavy (non-hydrogen) atoms. The van der Waals surface area contributed by atoms with E-state index in [0.29, 0.717) is 24.9 Å². The molecule has 1 aromatic heterocycles. The lowest BCUT2D eigenvalue weighted by molar-refractivity contribution is -0.121. The third kappa shape index (κ3) is 5.28. The largest absolute Gasteiger partial charge is 0.388 e.